The number of carboxylic acid groups (broad SMARTS) is 1. The zero-order valence-corrected chi connectivity index (χ0v) is 28.8. The van der Waals surface area contributed by atoms with Gasteiger partial charge in [0.25, 0.3) is 0 Å². The van der Waals surface area contributed by atoms with Crippen LogP contribution in [0.5, 0.6) is 5.75 Å². The van der Waals surface area contributed by atoms with Gasteiger partial charge in [0, 0.05) is 30.0 Å². The van der Waals surface area contributed by atoms with Crippen molar-refractivity contribution in [2.75, 3.05) is 13.1 Å². The third kappa shape index (κ3) is 5.88. The van der Waals surface area contributed by atoms with E-state index in [1.54, 1.807) is 11.1 Å². The molecule has 2 aromatic heterocycles. The molecule has 2 fully saturated rings. The van der Waals surface area contributed by atoms with Crippen molar-refractivity contribution in [3.63, 3.8) is 0 Å². The first-order chi connectivity index (χ1) is 24.7. The van der Waals surface area contributed by atoms with E-state index in [4.69, 9.17) is 14.8 Å². The number of fused-ring (bicyclic) bond motifs is 6. The number of hydrogen-bond donors (Lipinski definition) is 4. The predicted molar refractivity (Wildman–Crippen MR) is 193 cm³/mol. The second-order valence-corrected chi connectivity index (χ2v) is 13.9. The summed E-state index contributed by atoms with van der Waals surface area (Å²) in [6.45, 7) is 8.92. The maximum Gasteiger partial charge on any atom is 0.405 e. The molecule has 0 radical (unpaired) electrons. The van der Waals surface area contributed by atoms with Crippen molar-refractivity contribution in [1.29, 1.82) is 0 Å². The molecule has 0 saturated carbocycles. The number of nitrogens with one attached hydrogen (secondary N) is 3. The fourth-order valence-electron chi connectivity index (χ4n) is 7.99. The number of hydrogen-bond acceptors (Lipinski definition) is 6. The van der Waals surface area contributed by atoms with Gasteiger partial charge in [-0.15, -0.1) is 0 Å². The Bertz CT molecular complexity index is 2220. The van der Waals surface area contributed by atoms with Gasteiger partial charge in [0.2, 0.25) is 11.8 Å². The monoisotopic (exact) mass is 687 g/mol. The number of imidazole rings is 2. The average molecular weight is 688 g/mol. The minimum atomic E-state index is -1.22. The standard InChI is InChI=1S/C39H41N7O5/c1-4-21(2)14-34(47)46-22(3)7-12-32(46)38-42-29-11-9-23-16-28-26-10-8-24(15-25(26)20-51-33(28)17-27(23)36(29)44-38)30-18-40-37(43-30)31-6-5-13-45(31)35(48)19-41-39(49)50/h8-11,15-18,22,31-32,41H,2,4-7,12-14,19-20H2,1,3H3,(H,40,43)(H,42,44)(H,49,50)/t22-,31?,32?/m0/s1. The molecule has 4 N–H and O–H groups in total. The highest BCUT2D eigenvalue weighted by Gasteiger charge is 2.37. The summed E-state index contributed by atoms with van der Waals surface area (Å²) in [5.41, 5.74) is 7.73. The van der Waals surface area contributed by atoms with Crippen LogP contribution in [0.25, 0.3) is 44.2 Å². The number of ether oxygens (including phenoxy) is 1. The Kier molecular flexibility index (Phi) is 8.24. The molecule has 0 aliphatic carbocycles. The quantitative estimate of drug-likeness (QED) is 0.128. The highest BCUT2D eigenvalue weighted by atomic mass is 16.5. The third-order valence-electron chi connectivity index (χ3n) is 10.7. The number of aromatic amines is 2. The fourth-order valence-corrected chi connectivity index (χ4v) is 7.99. The topological polar surface area (TPSA) is 157 Å². The predicted octanol–water partition coefficient (Wildman–Crippen LogP) is 7.01. The second kappa shape index (κ2) is 12.9. The number of benzene rings is 3. The summed E-state index contributed by atoms with van der Waals surface area (Å²) in [5.74, 6) is 2.15. The van der Waals surface area contributed by atoms with Crippen LogP contribution in [0.4, 0.5) is 4.79 Å². The number of carbonyl (C=O) groups is 3. The zero-order valence-electron chi connectivity index (χ0n) is 28.8. The van der Waals surface area contributed by atoms with E-state index < -0.39 is 6.09 Å². The summed E-state index contributed by atoms with van der Waals surface area (Å²) in [7, 11) is 0. The molecule has 8 rings (SSSR count). The molecule has 3 atom stereocenters. The van der Waals surface area contributed by atoms with Crippen LogP contribution >= 0.6 is 0 Å². The van der Waals surface area contributed by atoms with Crippen molar-refractivity contribution >= 4 is 39.7 Å². The molecule has 2 unspecified atom stereocenters. The Balaban J connectivity index is 1.05. The summed E-state index contributed by atoms with van der Waals surface area (Å²) in [6.07, 6.45) is 5.11. The molecule has 5 heterocycles. The number of H-pyrrole nitrogens is 2. The molecular weight excluding hydrogens is 646 g/mol. The summed E-state index contributed by atoms with van der Waals surface area (Å²) in [4.78, 5) is 57.2. The first-order valence-corrected chi connectivity index (χ1v) is 17.7. The van der Waals surface area contributed by atoms with Crippen LogP contribution in [0.15, 0.2) is 60.8 Å². The van der Waals surface area contributed by atoms with Crippen LogP contribution < -0.4 is 10.1 Å². The van der Waals surface area contributed by atoms with Crippen molar-refractivity contribution in [2.24, 2.45) is 0 Å². The molecule has 3 amide bonds. The Morgan fingerprint density at radius 3 is 2.71 bits per heavy atom. The molecule has 2 saturated heterocycles. The SMILES string of the molecule is C=C(CC)CC(=O)N1C(c2nc3c(ccc4cc5c(cc43)OCc3cc(-c4cnc(C6CCCN6C(=O)CNC(=O)O)[nH]4)ccc3-5)[nH]2)CC[C@@H]1C. The Hall–Kier alpha value is -5.65. The van der Waals surface area contributed by atoms with E-state index in [2.05, 4.69) is 76.2 Å². The summed E-state index contributed by atoms with van der Waals surface area (Å²) < 4.78 is 6.36. The second-order valence-electron chi connectivity index (χ2n) is 13.9. The molecule has 3 aliphatic rings. The van der Waals surface area contributed by atoms with E-state index in [0.29, 0.717) is 25.4 Å². The van der Waals surface area contributed by atoms with Crippen LogP contribution in [-0.2, 0) is 16.2 Å². The number of likely N-dealkylation sites (tertiary alicyclic amines) is 2. The lowest BCUT2D eigenvalue weighted by Crippen LogP contribution is -2.39. The van der Waals surface area contributed by atoms with E-state index in [0.717, 1.165) is 99.0 Å². The number of amides is 3. The first-order valence-electron chi connectivity index (χ1n) is 17.7. The smallest absolute Gasteiger partial charge is 0.405 e. The minimum absolute atomic E-state index is 0.0961. The molecule has 3 aromatic carbocycles. The molecule has 0 bridgehead atoms. The third-order valence-corrected chi connectivity index (χ3v) is 10.7. The van der Waals surface area contributed by atoms with E-state index in [9.17, 15) is 14.4 Å². The van der Waals surface area contributed by atoms with Gasteiger partial charge in [-0.1, -0.05) is 37.3 Å². The molecule has 3 aliphatic heterocycles. The Labute approximate surface area is 294 Å². The number of rotatable bonds is 8. The van der Waals surface area contributed by atoms with Gasteiger partial charge >= 0.3 is 6.09 Å². The van der Waals surface area contributed by atoms with Crippen LogP contribution in [0.3, 0.4) is 0 Å². The van der Waals surface area contributed by atoms with Gasteiger partial charge in [-0.3, -0.25) is 9.59 Å². The van der Waals surface area contributed by atoms with Crippen LogP contribution in [0, 0.1) is 0 Å². The number of carbonyl (C=O) groups excluding carboxylic acids is 2. The maximum atomic E-state index is 13.3. The van der Waals surface area contributed by atoms with Crippen LogP contribution in [0.2, 0.25) is 0 Å². The van der Waals surface area contributed by atoms with Gasteiger partial charge in [0.1, 0.15) is 30.5 Å². The van der Waals surface area contributed by atoms with Gasteiger partial charge < -0.3 is 34.9 Å². The van der Waals surface area contributed by atoms with Crippen molar-refractivity contribution in [1.82, 2.24) is 35.1 Å². The van der Waals surface area contributed by atoms with Gasteiger partial charge in [-0.05, 0) is 85.4 Å². The van der Waals surface area contributed by atoms with Crippen molar-refractivity contribution in [2.45, 2.75) is 77.1 Å². The molecule has 5 aromatic rings. The lowest BCUT2D eigenvalue weighted by molar-refractivity contribution is -0.133. The highest BCUT2D eigenvalue weighted by molar-refractivity contribution is 6.07. The normalized spacial score (nSPS) is 19.6. The van der Waals surface area contributed by atoms with Gasteiger partial charge in [0.15, 0.2) is 0 Å². The van der Waals surface area contributed by atoms with E-state index in [1.807, 2.05) is 11.8 Å². The molecule has 0 spiro atoms. The first kappa shape index (κ1) is 32.5. The van der Waals surface area contributed by atoms with Crippen LogP contribution in [-0.4, -0.2) is 71.9 Å². The molecule has 12 heteroatoms. The van der Waals surface area contributed by atoms with E-state index in [1.165, 1.54) is 0 Å². The lowest BCUT2D eigenvalue weighted by atomic mass is 9.92. The average Bonchev–Trinajstić information content (AvgIpc) is 3.95. The Morgan fingerprint density at radius 1 is 1.02 bits per heavy atom. The van der Waals surface area contributed by atoms with Gasteiger partial charge in [0.05, 0.1) is 35.0 Å². The molecule has 262 valence electrons. The lowest BCUT2D eigenvalue weighted by Gasteiger charge is -2.27. The van der Waals surface area contributed by atoms with Crippen molar-refractivity contribution in [3.8, 4) is 28.1 Å². The number of aromatic nitrogens is 4. The van der Waals surface area contributed by atoms with Crippen molar-refractivity contribution in [3.05, 3.63) is 78.0 Å². The molecule has 12 nitrogen and oxygen atoms in total. The van der Waals surface area contributed by atoms with E-state index >= 15 is 0 Å². The summed E-state index contributed by atoms with van der Waals surface area (Å²) in [6, 6.07) is 14.5. The zero-order chi connectivity index (χ0) is 35.4. The molecule has 51 heavy (non-hydrogen) atoms. The van der Waals surface area contributed by atoms with Crippen molar-refractivity contribution < 1.29 is 24.2 Å². The van der Waals surface area contributed by atoms with Gasteiger partial charge in [-0.2, -0.15) is 0 Å². The van der Waals surface area contributed by atoms with Crippen LogP contribution in [0.1, 0.15) is 81.7 Å². The summed E-state index contributed by atoms with van der Waals surface area (Å²) in [5, 5.41) is 13.1. The van der Waals surface area contributed by atoms with E-state index in [-0.39, 0.29) is 36.5 Å². The largest absolute Gasteiger partial charge is 0.488 e. The highest BCUT2D eigenvalue weighted by Crippen LogP contribution is 2.44. The van der Waals surface area contributed by atoms with Gasteiger partial charge in [-0.25, -0.2) is 14.8 Å². The maximum absolute atomic E-state index is 13.3. The number of nitrogens with zero attached hydrogens (tertiary/aromatic N) is 4. The Morgan fingerprint density at radius 2 is 1.88 bits per heavy atom. The molecular formula is C39H41N7O5. The summed E-state index contributed by atoms with van der Waals surface area (Å²) >= 11 is 0. The minimum Gasteiger partial charge on any atom is -0.488 e. The fraction of sp³-hybridized carbons (Fsp3) is 0.359.